The molecule has 1 N–H and O–H groups in total. The highest BCUT2D eigenvalue weighted by Gasteiger charge is 2.07. The number of carboxylic acid groups (broad SMARTS) is 1. The summed E-state index contributed by atoms with van der Waals surface area (Å²) in [4.78, 5) is 16.1. The first-order valence-electron chi connectivity index (χ1n) is 5.15. The predicted molar refractivity (Wildman–Crippen MR) is 57.4 cm³/mol. The summed E-state index contributed by atoms with van der Waals surface area (Å²) < 4.78 is 12.9. The number of aromatic nitrogens is 1. The van der Waals surface area contributed by atoms with Gasteiger partial charge in [-0.05, 0) is 18.2 Å². The minimum absolute atomic E-state index is 0.0938. The number of aliphatic carboxylic acids is 1. The van der Waals surface area contributed by atoms with Crippen LogP contribution in [0.3, 0.4) is 0 Å². The minimum atomic E-state index is -0.823. The van der Waals surface area contributed by atoms with Gasteiger partial charge in [-0.15, -0.1) is 0 Å². The normalized spacial score (nSPS) is 10.7. The van der Waals surface area contributed by atoms with Crippen LogP contribution in [0.5, 0.6) is 0 Å². The standard InChI is InChI=1S/C11H15FN2O2/c1-2-14(4-3-11(15)16)8-9-5-10(12)7-13-6-9/h5-7H,2-4,8H2,1H3,(H,15,16). The van der Waals surface area contributed by atoms with Crippen molar-refractivity contribution in [2.75, 3.05) is 13.1 Å². The summed E-state index contributed by atoms with van der Waals surface area (Å²) >= 11 is 0. The Labute approximate surface area is 93.7 Å². The van der Waals surface area contributed by atoms with E-state index in [2.05, 4.69) is 4.98 Å². The Balaban J connectivity index is 2.52. The first kappa shape index (κ1) is 12.6. The van der Waals surface area contributed by atoms with Crippen LogP contribution in [0.25, 0.3) is 0 Å². The molecular formula is C11H15FN2O2. The summed E-state index contributed by atoms with van der Waals surface area (Å²) in [7, 11) is 0. The van der Waals surface area contributed by atoms with Crippen LogP contribution in [0.2, 0.25) is 0 Å². The number of halogens is 1. The molecule has 1 aromatic heterocycles. The number of carbonyl (C=O) groups is 1. The molecule has 0 unspecified atom stereocenters. The third-order valence-electron chi connectivity index (χ3n) is 2.26. The van der Waals surface area contributed by atoms with Crippen molar-refractivity contribution in [3.8, 4) is 0 Å². The molecule has 88 valence electrons. The molecule has 1 aromatic rings. The number of pyridine rings is 1. The highest BCUT2D eigenvalue weighted by atomic mass is 19.1. The maximum atomic E-state index is 12.9. The van der Waals surface area contributed by atoms with Crippen molar-refractivity contribution in [1.29, 1.82) is 0 Å². The molecule has 0 radical (unpaired) electrons. The van der Waals surface area contributed by atoms with Gasteiger partial charge in [-0.25, -0.2) is 4.39 Å². The molecular weight excluding hydrogens is 211 g/mol. The van der Waals surface area contributed by atoms with Crippen molar-refractivity contribution < 1.29 is 14.3 Å². The van der Waals surface area contributed by atoms with Crippen LogP contribution in [-0.2, 0) is 11.3 Å². The Morgan fingerprint density at radius 3 is 2.88 bits per heavy atom. The Hall–Kier alpha value is -1.49. The third-order valence-corrected chi connectivity index (χ3v) is 2.26. The Morgan fingerprint density at radius 1 is 1.56 bits per heavy atom. The van der Waals surface area contributed by atoms with Crippen molar-refractivity contribution in [1.82, 2.24) is 9.88 Å². The van der Waals surface area contributed by atoms with E-state index in [1.165, 1.54) is 6.07 Å². The van der Waals surface area contributed by atoms with Gasteiger partial charge < -0.3 is 5.11 Å². The molecule has 0 spiro atoms. The largest absolute Gasteiger partial charge is 0.481 e. The fourth-order valence-electron chi connectivity index (χ4n) is 1.40. The molecule has 4 nitrogen and oxygen atoms in total. The molecule has 0 aromatic carbocycles. The van der Waals surface area contributed by atoms with Crippen LogP contribution in [0.1, 0.15) is 18.9 Å². The Morgan fingerprint density at radius 2 is 2.31 bits per heavy atom. The first-order valence-corrected chi connectivity index (χ1v) is 5.15. The fraction of sp³-hybridized carbons (Fsp3) is 0.455. The highest BCUT2D eigenvalue weighted by molar-refractivity contribution is 5.66. The average Bonchev–Trinajstić information content (AvgIpc) is 2.24. The van der Waals surface area contributed by atoms with Crippen molar-refractivity contribution >= 4 is 5.97 Å². The summed E-state index contributed by atoms with van der Waals surface area (Å²) in [6.07, 6.45) is 2.83. The van der Waals surface area contributed by atoms with Gasteiger partial charge in [0.15, 0.2) is 0 Å². The summed E-state index contributed by atoms with van der Waals surface area (Å²) in [5.41, 5.74) is 0.757. The number of rotatable bonds is 6. The van der Waals surface area contributed by atoms with E-state index in [9.17, 15) is 9.18 Å². The lowest BCUT2D eigenvalue weighted by Gasteiger charge is -2.19. The number of hydrogen-bond acceptors (Lipinski definition) is 3. The third kappa shape index (κ3) is 4.35. The molecule has 0 bridgehead atoms. The van der Waals surface area contributed by atoms with E-state index in [1.54, 1.807) is 6.20 Å². The Kier molecular flexibility index (Phi) is 4.85. The van der Waals surface area contributed by atoms with E-state index in [1.807, 2.05) is 11.8 Å². The van der Waals surface area contributed by atoms with Crippen LogP contribution in [0.4, 0.5) is 4.39 Å². The molecule has 5 heteroatoms. The fourth-order valence-corrected chi connectivity index (χ4v) is 1.40. The molecule has 1 rings (SSSR count). The van der Waals surface area contributed by atoms with Crippen molar-refractivity contribution in [2.45, 2.75) is 19.9 Å². The van der Waals surface area contributed by atoms with Crippen LogP contribution in [-0.4, -0.2) is 34.0 Å². The van der Waals surface area contributed by atoms with Crippen LogP contribution < -0.4 is 0 Å². The van der Waals surface area contributed by atoms with Crippen LogP contribution in [0.15, 0.2) is 18.5 Å². The van der Waals surface area contributed by atoms with Crippen LogP contribution >= 0.6 is 0 Å². The zero-order chi connectivity index (χ0) is 12.0. The molecule has 16 heavy (non-hydrogen) atoms. The van der Waals surface area contributed by atoms with Crippen molar-refractivity contribution in [3.63, 3.8) is 0 Å². The number of nitrogens with zero attached hydrogens (tertiary/aromatic N) is 2. The minimum Gasteiger partial charge on any atom is -0.481 e. The van der Waals surface area contributed by atoms with Gasteiger partial charge in [0, 0.05) is 19.3 Å². The molecule has 0 amide bonds. The van der Waals surface area contributed by atoms with E-state index in [0.717, 1.165) is 18.3 Å². The quantitative estimate of drug-likeness (QED) is 0.799. The van der Waals surface area contributed by atoms with E-state index in [0.29, 0.717) is 13.1 Å². The lowest BCUT2D eigenvalue weighted by atomic mass is 10.2. The topological polar surface area (TPSA) is 53.4 Å². The summed E-state index contributed by atoms with van der Waals surface area (Å²) in [6, 6.07) is 1.41. The van der Waals surface area contributed by atoms with Gasteiger partial charge in [-0.3, -0.25) is 14.7 Å². The summed E-state index contributed by atoms with van der Waals surface area (Å²) in [5, 5.41) is 8.57. The smallest absolute Gasteiger partial charge is 0.304 e. The van der Waals surface area contributed by atoms with Gasteiger partial charge in [-0.2, -0.15) is 0 Å². The first-order chi connectivity index (χ1) is 7.61. The molecule has 0 aliphatic rings. The van der Waals surface area contributed by atoms with Gasteiger partial charge in [0.2, 0.25) is 0 Å². The number of carboxylic acids is 1. The molecule has 0 aliphatic heterocycles. The van der Waals surface area contributed by atoms with Gasteiger partial charge in [0.1, 0.15) is 5.82 Å². The summed E-state index contributed by atoms with van der Waals surface area (Å²) in [6.45, 7) is 3.65. The lowest BCUT2D eigenvalue weighted by molar-refractivity contribution is -0.137. The second-order valence-electron chi connectivity index (χ2n) is 3.52. The zero-order valence-corrected chi connectivity index (χ0v) is 9.19. The van der Waals surface area contributed by atoms with Gasteiger partial charge in [-0.1, -0.05) is 6.92 Å². The Bertz CT molecular complexity index is 358. The van der Waals surface area contributed by atoms with E-state index >= 15 is 0 Å². The molecule has 0 saturated heterocycles. The SMILES string of the molecule is CCN(CCC(=O)O)Cc1cncc(F)c1. The number of hydrogen-bond donors (Lipinski definition) is 1. The second kappa shape index (κ2) is 6.17. The predicted octanol–water partition coefficient (Wildman–Crippen LogP) is 1.52. The molecule has 0 aliphatic carbocycles. The maximum Gasteiger partial charge on any atom is 0.304 e. The maximum absolute atomic E-state index is 12.9. The molecule has 0 atom stereocenters. The molecule has 0 saturated carbocycles. The molecule has 0 fully saturated rings. The lowest BCUT2D eigenvalue weighted by Crippen LogP contribution is -2.25. The van der Waals surface area contributed by atoms with E-state index in [4.69, 9.17) is 5.11 Å². The van der Waals surface area contributed by atoms with E-state index < -0.39 is 5.97 Å². The second-order valence-corrected chi connectivity index (χ2v) is 3.52. The van der Waals surface area contributed by atoms with Crippen molar-refractivity contribution in [3.05, 3.63) is 29.8 Å². The van der Waals surface area contributed by atoms with E-state index in [-0.39, 0.29) is 12.2 Å². The highest BCUT2D eigenvalue weighted by Crippen LogP contribution is 2.05. The average molecular weight is 226 g/mol. The molecule has 1 heterocycles. The summed E-state index contributed by atoms with van der Waals surface area (Å²) in [5.74, 6) is -1.19. The van der Waals surface area contributed by atoms with Crippen LogP contribution in [0, 0.1) is 5.82 Å². The monoisotopic (exact) mass is 226 g/mol. The van der Waals surface area contributed by atoms with Crippen molar-refractivity contribution in [2.24, 2.45) is 0 Å². The zero-order valence-electron chi connectivity index (χ0n) is 9.19. The van der Waals surface area contributed by atoms with Gasteiger partial charge in [0.25, 0.3) is 0 Å². The van der Waals surface area contributed by atoms with Gasteiger partial charge >= 0.3 is 5.97 Å². The van der Waals surface area contributed by atoms with Gasteiger partial charge in [0.05, 0.1) is 12.6 Å².